The zero-order chi connectivity index (χ0) is 13.0. The molecule has 0 saturated heterocycles. The molecule has 1 amide bonds. The first-order valence-corrected chi connectivity index (χ1v) is 5.94. The summed E-state index contributed by atoms with van der Waals surface area (Å²) in [6.45, 7) is 0.546. The third-order valence-electron chi connectivity index (χ3n) is 3.06. The van der Waals surface area contributed by atoms with Crippen molar-refractivity contribution in [3.8, 4) is 18.1 Å². The number of fused-ring (bicyclic) bond motifs is 1. The van der Waals surface area contributed by atoms with E-state index in [4.69, 9.17) is 11.2 Å². The van der Waals surface area contributed by atoms with E-state index in [1.54, 1.807) is 0 Å². The first kappa shape index (κ1) is 15.4. The number of aryl methyl sites for hydroxylation is 1. The molecule has 1 aliphatic carbocycles. The van der Waals surface area contributed by atoms with E-state index in [1.807, 2.05) is 18.2 Å². The van der Waals surface area contributed by atoms with Crippen LogP contribution in [0.1, 0.15) is 23.6 Å². The zero-order valence-electron chi connectivity index (χ0n) is 10.7. The van der Waals surface area contributed by atoms with Crippen LogP contribution in [0.25, 0.3) is 0 Å². The van der Waals surface area contributed by atoms with Gasteiger partial charge in [0.1, 0.15) is 5.75 Å². The maximum atomic E-state index is 11.2. The predicted octanol–water partition coefficient (Wildman–Crippen LogP) is 2.04. The van der Waals surface area contributed by atoms with E-state index in [0.717, 1.165) is 12.8 Å². The third-order valence-corrected chi connectivity index (χ3v) is 3.06. The molecule has 2 N–H and O–H groups in total. The molecule has 0 fully saturated rings. The Balaban J connectivity index is 0.00000180. The Morgan fingerprint density at radius 3 is 3.05 bits per heavy atom. The number of benzene rings is 1. The molecule has 4 nitrogen and oxygen atoms in total. The lowest BCUT2D eigenvalue weighted by Crippen LogP contribution is -2.22. The Hall–Kier alpha value is -1.70. The second kappa shape index (κ2) is 7.03. The smallest absolute Gasteiger partial charge is 0.410 e. The number of hydrogen-bond acceptors (Lipinski definition) is 3. The van der Waals surface area contributed by atoms with Gasteiger partial charge in [-0.1, -0.05) is 12.0 Å². The summed E-state index contributed by atoms with van der Waals surface area (Å²) >= 11 is 0. The van der Waals surface area contributed by atoms with Gasteiger partial charge >= 0.3 is 6.09 Å². The van der Waals surface area contributed by atoms with Crippen LogP contribution in [0.2, 0.25) is 0 Å². The van der Waals surface area contributed by atoms with Crippen molar-refractivity contribution < 1.29 is 9.53 Å². The van der Waals surface area contributed by atoms with E-state index in [0.29, 0.717) is 12.3 Å². The van der Waals surface area contributed by atoms with Crippen molar-refractivity contribution in [2.45, 2.75) is 18.9 Å². The van der Waals surface area contributed by atoms with Crippen LogP contribution in [0.5, 0.6) is 5.75 Å². The highest BCUT2D eigenvalue weighted by molar-refractivity contribution is 5.85. The summed E-state index contributed by atoms with van der Waals surface area (Å²) < 4.78 is 5.12. The van der Waals surface area contributed by atoms with Gasteiger partial charge in [-0.2, -0.15) is 0 Å². The maximum absolute atomic E-state index is 11.2. The Morgan fingerprint density at radius 1 is 1.58 bits per heavy atom. The lowest BCUT2D eigenvalue weighted by Gasteiger charge is -2.13. The number of carbonyl (C=O) groups is 1. The van der Waals surface area contributed by atoms with Crippen LogP contribution in [0.3, 0.4) is 0 Å². The van der Waals surface area contributed by atoms with Gasteiger partial charge in [-0.05, 0) is 36.1 Å². The second-order valence-corrected chi connectivity index (χ2v) is 4.18. The van der Waals surface area contributed by atoms with Gasteiger partial charge in [-0.3, -0.25) is 5.32 Å². The molecule has 0 saturated carbocycles. The highest BCUT2D eigenvalue weighted by atomic mass is 35.5. The standard InChI is InChI=1S/C14H16N2O2.ClH/c1-3-8-16-13-7-5-10-4-6-11(9-12(10)13)18-14(17)15-2;/h1,4,6,9,13,16H,5,7-8H2,2H3,(H,15,17);1H. The van der Waals surface area contributed by atoms with Gasteiger partial charge in [0.15, 0.2) is 0 Å². The molecule has 2 rings (SSSR count). The van der Waals surface area contributed by atoms with Crippen LogP contribution in [-0.4, -0.2) is 19.7 Å². The Morgan fingerprint density at radius 2 is 2.37 bits per heavy atom. The monoisotopic (exact) mass is 280 g/mol. The molecule has 0 spiro atoms. The number of amides is 1. The average molecular weight is 281 g/mol. The van der Waals surface area contributed by atoms with Crippen LogP contribution in [-0.2, 0) is 6.42 Å². The molecule has 1 unspecified atom stereocenters. The second-order valence-electron chi connectivity index (χ2n) is 4.18. The number of nitrogens with one attached hydrogen (secondary N) is 2. The Kier molecular flexibility index (Phi) is 5.68. The van der Waals surface area contributed by atoms with E-state index in [2.05, 4.69) is 16.6 Å². The molecule has 0 aliphatic heterocycles. The molecule has 1 atom stereocenters. The number of carbonyl (C=O) groups excluding carboxylic acids is 1. The van der Waals surface area contributed by atoms with Crippen LogP contribution in [0.15, 0.2) is 18.2 Å². The topological polar surface area (TPSA) is 50.4 Å². The van der Waals surface area contributed by atoms with Crippen LogP contribution in [0, 0.1) is 12.3 Å². The number of hydrogen-bond donors (Lipinski definition) is 2. The summed E-state index contributed by atoms with van der Waals surface area (Å²) in [5, 5.41) is 5.71. The van der Waals surface area contributed by atoms with Gasteiger partial charge < -0.3 is 10.1 Å². The van der Waals surface area contributed by atoms with E-state index in [9.17, 15) is 4.79 Å². The van der Waals surface area contributed by atoms with Crippen LogP contribution >= 0.6 is 12.4 Å². The number of terminal acetylenes is 1. The molecular formula is C14H17ClN2O2. The molecule has 5 heteroatoms. The first-order chi connectivity index (χ1) is 8.74. The Bertz CT molecular complexity index is 497. The van der Waals surface area contributed by atoms with Crippen molar-refractivity contribution in [2.75, 3.05) is 13.6 Å². The minimum absolute atomic E-state index is 0. The normalized spacial score (nSPS) is 15.9. The van der Waals surface area contributed by atoms with Crippen LogP contribution in [0.4, 0.5) is 4.79 Å². The molecule has 102 valence electrons. The van der Waals surface area contributed by atoms with Gasteiger partial charge in [0.2, 0.25) is 0 Å². The lowest BCUT2D eigenvalue weighted by atomic mass is 10.1. The van der Waals surface area contributed by atoms with Crippen molar-refractivity contribution in [1.82, 2.24) is 10.6 Å². The number of halogens is 1. The summed E-state index contributed by atoms with van der Waals surface area (Å²) in [4.78, 5) is 11.2. The highest BCUT2D eigenvalue weighted by Crippen LogP contribution is 2.33. The van der Waals surface area contributed by atoms with Gasteiger partial charge in [-0.25, -0.2) is 4.79 Å². The molecule has 1 aromatic rings. The Labute approximate surface area is 119 Å². The lowest BCUT2D eigenvalue weighted by molar-refractivity contribution is 0.203. The van der Waals surface area contributed by atoms with Crippen molar-refractivity contribution in [1.29, 1.82) is 0 Å². The molecule has 19 heavy (non-hydrogen) atoms. The molecular weight excluding hydrogens is 264 g/mol. The van der Waals surface area contributed by atoms with Crippen molar-refractivity contribution in [2.24, 2.45) is 0 Å². The van der Waals surface area contributed by atoms with E-state index in [-0.39, 0.29) is 18.4 Å². The fraction of sp³-hybridized carbons (Fsp3) is 0.357. The van der Waals surface area contributed by atoms with E-state index < -0.39 is 6.09 Å². The molecule has 0 radical (unpaired) electrons. The van der Waals surface area contributed by atoms with Gasteiger partial charge in [0.25, 0.3) is 0 Å². The first-order valence-electron chi connectivity index (χ1n) is 5.94. The van der Waals surface area contributed by atoms with Crippen molar-refractivity contribution in [3.05, 3.63) is 29.3 Å². The summed E-state index contributed by atoms with van der Waals surface area (Å²) in [6, 6.07) is 5.98. The minimum Gasteiger partial charge on any atom is -0.410 e. The summed E-state index contributed by atoms with van der Waals surface area (Å²) in [6.07, 6.45) is 6.85. The fourth-order valence-electron chi connectivity index (χ4n) is 2.20. The summed E-state index contributed by atoms with van der Waals surface area (Å²) in [5.74, 6) is 3.13. The molecule has 1 aromatic carbocycles. The maximum Gasteiger partial charge on any atom is 0.412 e. The van der Waals surface area contributed by atoms with Gasteiger partial charge in [-0.15, -0.1) is 18.8 Å². The minimum atomic E-state index is -0.457. The quantitative estimate of drug-likeness (QED) is 0.833. The van der Waals surface area contributed by atoms with E-state index in [1.165, 1.54) is 18.2 Å². The van der Waals surface area contributed by atoms with Crippen LogP contribution < -0.4 is 15.4 Å². The van der Waals surface area contributed by atoms with E-state index >= 15 is 0 Å². The van der Waals surface area contributed by atoms with Gasteiger partial charge in [0, 0.05) is 13.1 Å². The van der Waals surface area contributed by atoms with Crippen molar-refractivity contribution >= 4 is 18.5 Å². The average Bonchev–Trinajstić information content (AvgIpc) is 2.78. The molecule has 0 bridgehead atoms. The molecule has 0 heterocycles. The number of rotatable bonds is 3. The highest BCUT2D eigenvalue weighted by Gasteiger charge is 2.22. The molecule has 1 aliphatic rings. The largest absolute Gasteiger partial charge is 0.412 e. The zero-order valence-corrected chi connectivity index (χ0v) is 11.5. The van der Waals surface area contributed by atoms with Crippen molar-refractivity contribution in [3.63, 3.8) is 0 Å². The summed E-state index contributed by atoms with van der Waals surface area (Å²) in [5.41, 5.74) is 2.46. The van der Waals surface area contributed by atoms with Gasteiger partial charge in [0.05, 0.1) is 6.54 Å². The SMILES string of the molecule is C#CCNC1CCc2ccc(OC(=O)NC)cc21.Cl. The fourth-order valence-corrected chi connectivity index (χ4v) is 2.20. The third kappa shape index (κ3) is 3.63. The molecule has 0 aromatic heterocycles. The number of ether oxygens (including phenoxy) is 1. The predicted molar refractivity (Wildman–Crippen MR) is 76.7 cm³/mol. The summed E-state index contributed by atoms with van der Waals surface area (Å²) in [7, 11) is 1.53.